The van der Waals surface area contributed by atoms with E-state index in [0.717, 1.165) is 0 Å². The van der Waals surface area contributed by atoms with E-state index in [1.54, 1.807) is 55.5 Å². The fourth-order valence-electron chi connectivity index (χ4n) is 1.02. The molecule has 0 spiro atoms. The zero-order chi connectivity index (χ0) is 11.3. The van der Waals surface area contributed by atoms with Gasteiger partial charge in [-0.2, -0.15) is 0 Å². The Balaban J connectivity index is 2.74. The highest BCUT2D eigenvalue weighted by molar-refractivity contribution is 6.47. The highest BCUT2D eigenvalue weighted by Gasteiger charge is 2.11. The van der Waals surface area contributed by atoms with E-state index in [1.165, 1.54) is 6.08 Å². The Kier molecular flexibility index (Phi) is 3.80. The molecule has 1 aromatic carbocycles. The predicted molar refractivity (Wildman–Crippen MR) is 58.6 cm³/mol. The third kappa shape index (κ3) is 3.38. The van der Waals surface area contributed by atoms with Crippen molar-refractivity contribution >= 4 is 11.6 Å². The van der Waals surface area contributed by atoms with Gasteiger partial charge < -0.3 is 4.90 Å². The normalized spacial score (nSPS) is 10.3. The van der Waals surface area contributed by atoms with Gasteiger partial charge in [0.15, 0.2) is 0 Å². The van der Waals surface area contributed by atoms with Crippen LogP contribution < -0.4 is 0 Å². The summed E-state index contributed by atoms with van der Waals surface area (Å²) in [6.07, 6.45) is 2.83. The van der Waals surface area contributed by atoms with Crippen LogP contribution in [0.15, 0.2) is 42.6 Å². The summed E-state index contributed by atoms with van der Waals surface area (Å²) >= 11 is 0. The number of hydrogen-bond acceptors (Lipinski definition) is 3. The lowest BCUT2D eigenvalue weighted by molar-refractivity contribution is -0.111. The van der Waals surface area contributed by atoms with Gasteiger partial charge in [0, 0.05) is 31.9 Å². The minimum Gasteiger partial charge on any atom is -0.383 e. The number of Topliss-reactive ketones (excluding diaryl/α,β-unsaturated/α-hetero) is 1. The van der Waals surface area contributed by atoms with E-state index in [1.807, 2.05) is 0 Å². The molecule has 1 aromatic rings. The molecule has 78 valence electrons. The van der Waals surface area contributed by atoms with Crippen molar-refractivity contribution < 1.29 is 9.59 Å². The molecule has 0 atom stereocenters. The van der Waals surface area contributed by atoms with Crippen molar-refractivity contribution in [3.63, 3.8) is 0 Å². The van der Waals surface area contributed by atoms with Crippen LogP contribution in [0, 0.1) is 0 Å². The number of ketones is 2. The van der Waals surface area contributed by atoms with Crippen LogP contribution in [0.4, 0.5) is 0 Å². The maximum Gasteiger partial charge on any atom is 0.232 e. The fraction of sp³-hybridized carbons (Fsp3) is 0.167. The summed E-state index contributed by atoms with van der Waals surface area (Å²) in [6, 6.07) is 8.52. The van der Waals surface area contributed by atoms with Crippen molar-refractivity contribution in [1.29, 1.82) is 0 Å². The maximum atomic E-state index is 11.5. The Hall–Kier alpha value is -1.90. The lowest BCUT2D eigenvalue weighted by atomic mass is 10.1. The fourth-order valence-corrected chi connectivity index (χ4v) is 1.02. The lowest BCUT2D eigenvalue weighted by Gasteiger charge is -2.02. The van der Waals surface area contributed by atoms with Crippen molar-refractivity contribution in [2.24, 2.45) is 0 Å². The van der Waals surface area contributed by atoms with E-state index < -0.39 is 11.6 Å². The Morgan fingerprint density at radius 2 is 1.73 bits per heavy atom. The lowest BCUT2D eigenvalue weighted by Crippen LogP contribution is -2.12. The topological polar surface area (TPSA) is 37.4 Å². The summed E-state index contributed by atoms with van der Waals surface area (Å²) in [7, 11) is 3.58. The van der Waals surface area contributed by atoms with Gasteiger partial charge in [-0.1, -0.05) is 30.3 Å². The molecule has 0 fully saturated rings. The number of nitrogens with zero attached hydrogens (tertiary/aromatic N) is 1. The monoisotopic (exact) mass is 203 g/mol. The first kappa shape index (κ1) is 11.2. The average Bonchev–Trinajstić information content (AvgIpc) is 2.26. The number of rotatable bonds is 4. The number of carbonyl (C=O) groups is 2. The van der Waals surface area contributed by atoms with Crippen molar-refractivity contribution in [2.75, 3.05) is 14.1 Å². The van der Waals surface area contributed by atoms with Crippen molar-refractivity contribution in [1.82, 2.24) is 4.90 Å². The van der Waals surface area contributed by atoms with Gasteiger partial charge in [-0.05, 0) is 0 Å². The first-order chi connectivity index (χ1) is 7.11. The van der Waals surface area contributed by atoms with Gasteiger partial charge in [0.25, 0.3) is 0 Å². The van der Waals surface area contributed by atoms with Crippen molar-refractivity contribution in [3.8, 4) is 0 Å². The van der Waals surface area contributed by atoms with E-state index in [0.29, 0.717) is 5.56 Å². The Morgan fingerprint density at radius 3 is 2.27 bits per heavy atom. The molecular weight excluding hydrogens is 190 g/mol. The molecule has 0 heterocycles. The van der Waals surface area contributed by atoms with Gasteiger partial charge in [0.1, 0.15) is 0 Å². The zero-order valence-corrected chi connectivity index (χ0v) is 8.81. The van der Waals surface area contributed by atoms with Crippen LogP contribution in [0.25, 0.3) is 0 Å². The third-order valence-electron chi connectivity index (χ3n) is 1.78. The molecule has 0 aliphatic rings. The maximum absolute atomic E-state index is 11.5. The molecule has 0 amide bonds. The van der Waals surface area contributed by atoms with Crippen LogP contribution in [0.1, 0.15) is 10.4 Å². The Labute approximate surface area is 89.0 Å². The van der Waals surface area contributed by atoms with Crippen molar-refractivity contribution in [2.45, 2.75) is 0 Å². The van der Waals surface area contributed by atoms with Gasteiger partial charge in [-0.15, -0.1) is 0 Å². The average molecular weight is 203 g/mol. The standard InChI is InChI=1S/C12H13NO2/c1-13(2)9-8-11(14)12(15)10-6-4-3-5-7-10/h3-9H,1-2H3/b9-8+. The minimum atomic E-state index is -0.505. The quantitative estimate of drug-likeness (QED) is 0.423. The number of benzene rings is 1. The number of allylic oxidation sites excluding steroid dienone is 1. The SMILES string of the molecule is CN(C)/C=C/C(=O)C(=O)c1ccccc1. The molecule has 0 radical (unpaired) electrons. The summed E-state index contributed by atoms with van der Waals surface area (Å²) in [6.45, 7) is 0. The molecule has 0 aliphatic heterocycles. The van der Waals surface area contributed by atoms with E-state index in [9.17, 15) is 9.59 Å². The summed E-state index contributed by atoms with van der Waals surface area (Å²) in [5, 5.41) is 0. The molecule has 0 bridgehead atoms. The summed E-state index contributed by atoms with van der Waals surface area (Å²) in [5.41, 5.74) is 0.422. The van der Waals surface area contributed by atoms with Crippen LogP contribution in [-0.2, 0) is 4.79 Å². The van der Waals surface area contributed by atoms with Gasteiger partial charge in [-0.3, -0.25) is 9.59 Å². The first-order valence-corrected chi connectivity index (χ1v) is 4.59. The summed E-state index contributed by atoms with van der Waals surface area (Å²) in [4.78, 5) is 24.6. The van der Waals surface area contributed by atoms with Crippen LogP contribution in [0.5, 0.6) is 0 Å². The van der Waals surface area contributed by atoms with Crippen LogP contribution in [0.3, 0.4) is 0 Å². The van der Waals surface area contributed by atoms with Gasteiger partial charge in [0.2, 0.25) is 11.6 Å². The predicted octanol–water partition coefficient (Wildman–Crippen LogP) is 1.51. The summed E-state index contributed by atoms with van der Waals surface area (Å²) in [5.74, 6) is -0.983. The zero-order valence-electron chi connectivity index (χ0n) is 8.81. The molecule has 1 rings (SSSR count). The molecule has 0 unspecified atom stereocenters. The van der Waals surface area contributed by atoms with Gasteiger partial charge in [0.05, 0.1) is 0 Å². The molecule has 0 aliphatic carbocycles. The van der Waals surface area contributed by atoms with E-state index in [-0.39, 0.29) is 0 Å². The second-order valence-electron chi connectivity index (χ2n) is 3.34. The minimum absolute atomic E-state index is 0.422. The number of carbonyl (C=O) groups excluding carboxylic acids is 2. The summed E-state index contributed by atoms with van der Waals surface area (Å²) < 4.78 is 0. The third-order valence-corrected chi connectivity index (χ3v) is 1.78. The van der Waals surface area contributed by atoms with Crippen molar-refractivity contribution in [3.05, 3.63) is 48.2 Å². The second-order valence-corrected chi connectivity index (χ2v) is 3.34. The van der Waals surface area contributed by atoms with E-state index in [2.05, 4.69) is 0 Å². The largest absolute Gasteiger partial charge is 0.383 e. The molecule has 0 N–H and O–H groups in total. The molecule has 15 heavy (non-hydrogen) atoms. The molecule has 3 nitrogen and oxygen atoms in total. The van der Waals surface area contributed by atoms with E-state index in [4.69, 9.17) is 0 Å². The second kappa shape index (κ2) is 5.10. The Bertz CT molecular complexity index is 380. The highest BCUT2D eigenvalue weighted by Crippen LogP contribution is 2.01. The van der Waals surface area contributed by atoms with Crippen LogP contribution >= 0.6 is 0 Å². The molecule has 3 heteroatoms. The molecule has 0 saturated heterocycles. The molecule has 0 saturated carbocycles. The number of hydrogen-bond donors (Lipinski definition) is 0. The van der Waals surface area contributed by atoms with E-state index >= 15 is 0 Å². The van der Waals surface area contributed by atoms with Crippen LogP contribution in [0.2, 0.25) is 0 Å². The first-order valence-electron chi connectivity index (χ1n) is 4.59. The van der Waals surface area contributed by atoms with Gasteiger partial charge in [-0.25, -0.2) is 0 Å². The smallest absolute Gasteiger partial charge is 0.232 e. The highest BCUT2D eigenvalue weighted by atomic mass is 16.2. The van der Waals surface area contributed by atoms with Gasteiger partial charge >= 0.3 is 0 Å². The molecule has 0 aromatic heterocycles. The molecular formula is C12H13NO2. The van der Waals surface area contributed by atoms with Crippen LogP contribution in [-0.4, -0.2) is 30.6 Å². The Morgan fingerprint density at radius 1 is 1.13 bits per heavy atom.